The molecule has 1 saturated heterocycles. The Hall–Kier alpha value is -2.20. The van der Waals surface area contributed by atoms with E-state index < -0.39 is 49.2 Å². The van der Waals surface area contributed by atoms with Crippen LogP contribution in [0.1, 0.15) is 19.6 Å². The topological polar surface area (TPSA) is 204 Å². The number of H-pyrrole nitrogens is 1. The minimum absolute atomic E-state index is 0.220. The smallest absolute Gasteiger partial charge is 0.239 e. The molecule has 9 N–H and O–H groups in total. The number of aliphatic hydroxyl groups is 4. The van der Waals surface area contributed by atoms with Crippen LogP contribution in [0.2, 0.25) is 0 Å². The van der Waals surface area contributed by atoms with Gasteiger partial charge in [0, 0.05) is 13.1 Å². The van der Waals surface area contributed by atoms with Crippen molar-refractivity contribution in [3.05, 3.63) is 11.0 Å². The van der Waals surface area contributed by atoms with Crippen molar-refractivity contribution < 1.29 is 30.0 Å². The van der Waals surface area contributed by atoms with Crippen molar-refractivity contribution in [2.45, 2.75) is 50.0 Å². The zero-order valence-corrected chi connectivity index (χ0v) is 17.6. The normalized spacial score (nSPS) is 25.5. The van der Waals surface area contributed by atoms with E-state index >= 15 is 0 Å². The molecular weight excluding hydrogens is 430 g/mol. The van der Waals surface area contributed by atoms with E-state index in [1.165, 1.54) is 17.8 Å². The molecule has 0 aliphatic carbocycles. The number of carbonyl (C=O) groups is 1. The molecule has 31 heavy (non-hydrogen) atoms. The molecule has 172 valence electrons. The second-order valence-corrected chi connectivity index (χ2v) is 7.69. The summed E-state index contributed by atoms with van der Waals surface area (Å²) < 4.78 is 7.25. The molecule has 14 heteroatoms. The molecule has 3 rings (SSSR count). The predicted molar refractivity (Wildman–Crippen MR) is 111 cm³/mol. The molecule has 1 fully saturated rings. The van der Waals surface area contributed by atoms with Crippen molar-refractivity contribution in [1.82, 2.24) is 24.8 Å². The van der Waals surface area contributed by atoms with Gasteiger partial charge in [0.25, 0.3) is 0 Å². The van der Waals surface area contributed by atoms with E-state index in [0.29, 0.717) is 36.6 Å². The van der Waals surface area contributed by atoms with Crippen LogP contribution in [0, 0.1) is 4.64 Å². The molecular formula is C17H27N7O6S. The Morgan fingerprint density at radius 3 is 2.81 bits per heavy atom. The number of rotatable bonds is 9. The lowest BCUT2D eigenvalue weighted by Gasteiger charge is -2.17. The van der Waals surface area contributed by atoms with Gasteiger partial charge >= 0.3 is 0 Å². The zero-order chi connectivity index (χ0) is 22.7. The first-order valence-electron chi connectivity index (χ1n) is 9.79. The number of nitrogens with two attached hydrogens (primary N) is 1. The molecule has 2 unspecified atom stereocenters. The van der Waals surface area contributed by atoms with Crippen LogP contribution in [-0.4, -0.2) is 96.0 Å². The molecule has 0 bridgehead atoms. The molecule has 1 aliphatic heterocycles. The van der Waals surface area contributed by atoms with E-state index in [9.17, 15) is 25.2 Å². The fraction of sp³-hybridized carbons (Fsp3) is 0.647. The van der Waals surface area contributed by atoms with Gasteiger partial charge in [-0.3, -0.25) is 9.36 Å². The third kappa shape index (κ3) is 5.01. The summed E-state index contributed by atoms with van der Waals surface area (Å²) in [4.78, 5) is 23.2. The molecule has 0 radical (unpaired) electrons. The maximum Gasteiger partial charge on any atom is 0.239 e. The molecule has 6 atom stereocenters. The van der Waals surface area contributed by atoms with E-state index in [1.54, 1.807) is 0 Å². The standard InChI is InChI=1S/C17H27N7O6S/c1-7(26)9(18)14(29)19-3-2-4-20-17-22-13-10(15(31)23-17)21-6-24(13)16-12(28)11(27)8(5-25)30-16/h6-9,11-12,16,25-28H,2-5,18H2,1H3,(H,19,29)(H2,20,22,23,31)/t7?,8-,9?,11-,12-,16-/m1/s1. The minimum atomic E-state index is -1.27. The van der Waals surface area contributed by atoms with E-state index in [1.807, 2.05) is 0 Å². The van der Waals surface area contributed by atoms with Crippen molar-refractivity contribution in [3.8, 4) is 0 Å². The van der Waals surface area contributed by atoms with Crippen molar-refractivity contribution in [2.75, 3.05) is 25.0 Å². The molecule has 0 aromatic carbocycles. The molecule has 1 amide bonds. The number of amides is 1. The maximum absolute atomic E-state index is 11.7. The van der Waals surface area contributed by atoms with Gasteiger partial charge in [-0.1, -0.05) is 12.2 Å². The number of imidazole rings is 1. The largest absolute Gasteiger partial charge is 0.394 e. The number of fused-ring (bicyclic) bond motifs is 1. The Morgan fingerprint density at radius 1 is 1.42 bits per heavy atom. The van der Waals surface area contributed by atoms with Crippen LogP contribution in [-0.2, 0) is 9.53 Å². The van der Waals surface area contributed by atoms with Crippen LogP contribution in [0.5, 0.6) is 0 Å². The lowest BCUT2D eigenvalue weighted by molar-refractivity contribution is -0.124. The van der Waals surface area contributed by atoms with Crippen LogP contribution >= 0.6 is 12.2 Å². The van der Waals surface area contributed by atoms with E-state index in [2.05, 4.69) is 25.6 Å². The molecule has 2 aromatic rings. The summed E-state index contributed by atoms with van der Waals surface area (Å²) >= 11 is 5.28. The van der Waals surface area contributed by atoms with Gasteiger partial charge in [0.15, 0.2) is 10.9 Å². The van der Waals surface area contributed by atoms with Gasteiger partial charge < -0.3 is 46.5 Å². The molecule has 13 nitrogen and oxygen atoms in total. The number of carbonyl (C=O) groups excluding carboxylic acids is 1. The average molecular weight is 458 g/mol. The first-order valence-corrected chi connectivity index (χ1v) is 10.2. The Balaban J connectivity index is 1.65. The fourth-order valence-corrected chi connectivity index (χ4v) is 3.41. The average Bonchev–Trinajstić information content (AvgIpc) is 3.28. The van der Waals surface area contributed by atoms with Gasteiger partial charge in [-0.15, -0.1) is 0 Å². The summed E-state index contributed by atoms with van der Waals surface area (Å²) in [6.07, 6.45) is -3.38. The van der Waals surface area contributed by atoms with Crippen molar-refractivity contribution >= 4 is 35.2 Å². The van der Waals surface area contributed by atoms with Gasteiger partial charge in [0.05, 0.1) is 19.0 Å². The molecule has 3 heterocycles. The molecule has 0 spiro atoms. The highest BCUT2D eigenvalue weighted by molar-refractivity contribution is 7.71. The SMILES string of the molecule is CC(O)C(N)C(=O)NCCCNc1nc(=S)c2ncn([C@@H]3O[C@H](CO)[C@@H](O)[C@H]3O)c2[nH]1. The number of nitrogens with one attached hydrogen (secondary N) is 3. The number of hydrogen-bond donors (Lipinski definition) is 8. The first-order chi connectivity index (χ1) is 14.7. The summed E-state index contributed by atoms with van der Waals surface area (Å²) in [5.41, 5.74) is 6.37. The summed E-state index contributed by atoms with van der Waals surface area (Å²) in [5, 5.41) is 44.6. The highest BCUT2D eigenvalue weighted by Gasteiger charge is 2.43. The van der Waals surface area contributed by atoms with E-state index in [0.717, 1.165) is 0 Å². The number of aliphatic hydroxyl groups excluding tert-OH is 4. The van der Waals surface area contributed by atoms with E-state index in [4.69, 9.17) is 22.7 Å². The van der Waals surface area contributed by atoms with Crippen molar-refractivity contribution in [3.63, 3.8) is 0 Å². The summed E-state index contributed by atoms with van der Waals surface area (Å²) in [6, 6.07) is -0.981. The van der Waals surface area contributed by atoms with Crippen molar-refractivity contribution in [2.24, 2.45) is 5.73 Å². The Kier molecular flexibility index (Phi) is 7.53. The second kappa shape index (κ2) is 9.95. The quantitative estimate of drug-likeness (QED) is 0.149. The monoisotopic (exact) mass is 457 g/mol. The molecule has 1 aliphatic rings. The number of anilines is 1. The predicted octanol–water partition coefficient (Wildman–Crippen LogP) is -2.27. The highest BCUT2D eigenvalue weighted by Crippen LogP contribution is 2.31. The van der Waals surface area contributed by atoms with Crippen LogP contribution in [0.4, 0.5) is 5.95 Å². The van der Waals surface area contributed by atoms with E-state index in [-0.39, 0.29) is 4.64 Å². The summed E-state index contributed by atoms with van der Waals surface area (Å²) in [5.74, 6) is -0.0886. The minimum Gasteiger partial charge on any atom is -0.394 e. The van der Waals surface area contributed by atoms with Crippen LogP contribution in [0.3, 0.4) is 0 Å². The van der Waals surface area contributed by atoms with Gasteiger partial charge in [-0.05, 0) is 13.3 Å². The molecule has 2 aromatic heterocycles. The number of nitrogens with zero attached hydrogens (tertiary/aromatic N) is 3. The van der Waals surface area contributed by atoms with Crippen LogP contribution in [0.15, 0.2) is 6.33 Å². The lowest BCUT2D eigenvalue weighted by Crippen LogP contribution is -2.47. The maximum atomic E-state index is 11.7. The zero-order valence-electron chi connectivity index (χ0n) is 16.8. The van der Waals surface area contributed by atoms with Gasteiger partial charge in [0.2, 0.25) is 11.9 Å². The fourth-order valence-electron chi connectivity index (χ4n) is 3.17. The van der Waals surface area contributed by atoms with Gasteiger partial charge in [-0.25, -0.2) is 9.97 Å². The van der Waals surface area contributed by atoms with Crippen molar-refractivity contribution in [1.29, 1.82) is 0 Å². The van der Waals surface area contributed by atoms with Crippen LogP contribution in [0.25, 0.3) is 11.2 Å². The number of hydrogen-bond acceptors (Lipinski definition) is 11. The lowest BCUT2D eigenvalue weighted by atomic mass is 10.1. The second-order valence-electron chi connectivity index (χ2n) is 7.31. The Morgan fingerprint density at radius 2 is 2.16 bits per heavy atom. The highest BCUT2D eigenvalue weighted by atomic mass is 32.1. The number of ether oxygens (including phenoxy) is 1. The summed E-state index contributed by atoms with van der Waals surface area (Å²) in [7, 11) is 0. The van der Waals surface area contributed by atoms with Crippen LogP contribution < -0.4 is 16.4 Å². The number of aromatic amines is 1. The number of aromatic nitrogens is 4. The third-order valence-corrected chi connectivity index (χ3v) is 5.29. The van der Waals surface area contributed by atoms with Gasteiger partial charge in [-0.2, -0.15) is 0 Å². The summed E-state index contributed by atoms with van der Waals surface area (Å²) in [6.45, 7) is 1.79. The molecule has 0 saturated carbocycles. The Labute approximate surface area is 182 Å². The Bertz CT molecular complexity index is 966. The van der Waals surface area contributed by atoms with Gasteiger partial charge in [0.1, 0.15) is 35.5 Å². The third-order valence-electron chi connectivity index (χ3n) is 5.01. The first kappa shape index (κ1) is 23.5.